The molecule has 1 amide bonds. The van der Waals surface area contributed by atoms with E-state index in [4.69, 9.17) is 12.2 Å². The van der Waals surface area contributed by atoms with E-state index in [-0.39, 0.29) is 11.9 Å². The molecule has 1 atom stereocenters. The van der Waals surface area contributed by atoms with E-state index in [1.165, 1.54) is 0 Å². The molecule has 0 radical (unpaired) electrons. The lowest BCUT2D eigenvalue weighted by molar-refractivity contribution is -0.132. The zero-order valence-corrected chi connectivity index (χ0v) is 11.8. The second kappa shape index (κ2) is 4.45. The van der Waals surface area contributed by atoms with Gasteiger partial charge in [0.2, 0.25) is 5.91 Å². The predicted molar refractivity (Wildman–Crippen MR) is 75.6 cm³/mol. The van der Waals surface area contributed by atoms with Gasteiger partial charge < -0.3 is 9.88 Å². The van der Waals surface area contributed by atoms with Crippen LogP contribution in [-0.4, -0.2) is 38.9 Å². The highest BCUT2D eigenvalue weighted by atomic mass is 32.1. The Morgan fingerprint density at radius 3 is 3.00 bits per heavy atom. The van der Waals surface area contributed by atoms with Crippen LogP contribution in [0, 0.1) is 11.7 Å². The fourth-order valence-corrected chi connectivity index (χ4v) is 2.98. The maximum absolute atomic E-state index is 11.6. The number of fused-ring (bicyclic) bond motifs is 1. The van der Waals surface area contributed by atoms with Gasteiger partial charge in [0.25, 0.3) is 0 Å². The second-order valence-electron chi connectivity index (χ2n) is 5.09. The van der Waals surface area contributed by atoms with Crippen molar-refractivity contribution in [3.8, 4) is 0 Å². The van der Waals surface area contributed by atoms with Gasteiger partial charge in [0.15, 0.2) is 10.4 Å². The molecule has 3 heterocycles. The summed E-state index contributed by atoms with van der Waals surface area (Å²) >= 11 is 5.41. The Bertz CT molecular complexity index is 702. The summed E-state index contributed by atoms with van der Waals surface area (Å²) in [5.74, 6) is 0.201. The van der Waals surface area contributed by atoms with Crippen LogP contribution in [0.2, 0.25) is 0 Å². The van der Waals surface area contributed by atoms with Crippen molar-refractivity contribution in [3.05, 3.63) is 22.6 Å². The lowest BCUT2D eigenvalue weighted by Gasteiger charge is -2.30. The Labute approximate surface area is 116 Å². The average Bonchev–Trinajstić information content (AvgIpc) is 2.68. The van der Waals surface area contributed by atoms with Crippen molar-refractivity contribution in [1.29, 1.82) is 0 Å². The van der Waals surface area contributed by atoms with E-state index in [9.17, 15) is 4.79 Å². The quantitative estimate of drug-likeness (QED) is 0.812. The van der Waals surface area contributed by atoms with Gasteiger partial charge in [-0.15, -0.1) is 0 Å². The summed E-state index contributed by atoms with van der Waals surface area (Å²) in [7, 11) is 1.84. The smallest absolute Gasteiger partial charge is 0.222 e. The summed E-state index contributed by atoms with van der Waals surface area (Å²) in [6.45, 7) is 2.66. The number of imidazole rings is 1. The summed E-state index contributed by atoms with van der Waals surface area (Å²) in [5, 5.41) is 0. The van der Waals surface area contributed by atoms with E-state index >= 15 is 0 Å². The molecule has 0 aromatic carbocycles. The standard InChI is InChI=1S/C13H16N4OS/c1-8-3-5-10-12(14-8)17(13(19)15-10)9-4-6-11(18)16(2)7-9/h3,5,9H,4,6-7H2,1-2H3,(H,15,19). The lowest BCUT2D eigenvalue weighted by Crippen LogP contribution is -2.38. The average molecular weight is 276 g/mol. The number of hydrogen-bond acceptors (Lipinski definition) is 3. The Morgan fingerprint density at radius 2 is 2.26 bits per heavy atom. The SMILES string of the molecule is Cc1ccc2[nH]c(=S)n(C3CCC(=O)N(C)C3)c2n1. The number of carbonyl (C=O) groups is 1. The van der Waals surface area contributed by atoms with Gasteiger partial charge in [0.05, 0.1) is 11.6 Å². The van der Waals surface area contributed by atoms with Gasteiger partial charge in [-0.05, 0) is 37.7 Å². The number of H-pyrrole nitrogens is 1. The third-order valence-electron chi connectivity index (χ3n) is 3.67. The molecule has 0 spiro atoms. The first-order valence-electron chi connectivity index (χ1n) is 6.38. The molecule has 19 heavy (non-hydrogen) atoms. The van der Waals surface area contributed by atoms with Gasteiger partial charge in [-0.1, -0.05) is 0 Å². The number of likely N-dealkylation sites (N-methyl/N-ethyl adjacent to an activating group) is 1. The molecule has 1 unspecified atom stereocenters. The van der Waals surface area contributed by atoms with Crippen LogP contribution in [0.25, 0.3) is 11.2 Å². The molecule has 1 aliphatic heterocycles. The van der Waals surface area contributed by atoms with Gasteiger partial charge in [0, 0.05) is 25.7 Å². The maximum Gasteiger partial charge on any atom is 0.222 e. The molecule has 1 saturated heterocycles. The van der Waals surface area contributed by atoms with Crippen LogP contribution in [0.3, 0.4) is 0 Å². The minimum atomic E-state index is 0.201. The number of nitrogens with zero attached hydrogens (tertiary/aromatic N) is 3. The van der Waals surface area contributed by atoms with Crippen molar-refractivity contribution in [2.24, 2.45) is 0 Å². The summed E-state index contributed by atoms with van der Waals surface area (Å²) in [5.41, 5.74) is 2.81. The molecule has 0 saturated carbocycles. The zero-order valence-electron chi connectivity index (χ0n) is 11.0. The minimum Gasteiger partial charge on any atom is -0.344 e. The van der Waals surface area contributed by atoms with Crippen LogP contribution >= 0.6 is 12.2 Å². The topological polar surface area (TPSA) is 53.9 Å². The van der Waals surface area contributed by atoms with E-state index in [0.29, 0.717) is 17.7 Å². The molecule has 100 valence electrons. The van der Waals surface area contributed by atoms with Crippen molar-refractivity contribution in [2.45, 2.75) is 25.8 Å². The number of rotatable bonds is 1. The number of likely N-dealkylation sites (tertiary alicyclic amines) is 1. The largest absolute Gasteiger partial charge is 0.344 e. The monoisotopic (exact) mass is 276 g/mol. The van der Waals surface area contributed by atoms with Crippen LogP contribution in [0.1, 0.15) is 24.6 Å². The first-order valence-corrected chi connectivity index (χ1v) is 6.79. The van der Waals surface area contributed by atoms with E-state index in [0.717, 1.165) is 23.3 Å². The molecule has 1 aliphatic rings. The molecule has 1 fully saturated rings. The molecule has 1 N–H and O–H groups in total. The van der Waals surface area contributed by atoms with Crippen molar-refractivity contribution >= 4 is 29.3 Å². The first-order chi connectivity index (χ1) is 9.06. The predicted octanol–water partition coefficient (Wildman–Crippen LogP) is 2.20. The highest BCUT2D eigenvalue weighted by Crippen LogP contribution is 2.25. The number of amides is 1. The highest BCUT2D eigenvalue weighted by Gasteiger charge is 2.26. The molecule has 3 rings (SSSR count). The molecular weight excluding hydrogens is 260 g/mol. The van der Waals surface area contributed by atoms with Crippen LogP contribution in [0.5, 0.6) is 0 Å². The minimum absolute atomic E-state index is 0.201. The number of aryl methyl sites for hydroxylation is 1. The molecular formula is C13H16N4OS. The fraction of sp³-hybridized carbons (Fsp3) is 0.462. The van der Waals surface area contributed by atoms with Crippen LogP contribution in [0.4, 0.5) is 0 Å². The lowest BCUT2D eigenvalue weighted by atomic mass is 10.1. The summed E-state index contributed by atoms with van der Waals surface area (Å²) in [6.07, 6.45) is 1.39. The van der Waals surface area contributed by atoms with Crippen molar-refractivity contribution < 1.29 is 4.79 Å². The van der Waals surface area contributed by atoms with E-state index in [2.05, 4.69) is 14.5 Å². The van der Waals surface area contributed by atoms with Crippen LogP contribution in [0.15, 0.2) is 12.1 Å². The van der Waals surface area contributed by atoms with Crippen LogP contribution in [-0.2, 0) is 4.79 Å². The normalized spacial score (nSPS) is 20.2. The maximum atomic E-state index is 11.6. The van der Waals surface area contributed by atoms with Crippen LogP contribution < -0.4 is 0 Å². The number of pyridine rings is 1. The summed E-state index contributed by atoms with van der Waals surface area (Å²) in [4.78, 5) is 21.1. The van der Waals surface area contributed by atoms with Crippen molar-refractivity contribution in [1.82, 2.24) is 19.4 Å². The van der Waals surface area contributed by atoms with Crippen molar-refractivity contribution in [2.75, 3.05) is 13.6 Å². The number of carbonyl (C=O) groups excluding carboxylic acids is 1. The number of nitrogens with one attached hydrogen (secondary N) is 1. The second-order valence-corrected chi connectivity index (χ2v) is 5.48. The van der Waals surface area contributed by atoms with Gasteiger partial charge in [0.1, 0.15) is 0 Å². The van der Waals surface area contributed by atoms with Gasteiger partial charge in [-0.3, -0.25) is 9.36 Å². The highest BCUT2D eigenvalue weighted by molar-refractivity contribution is 7.71. The third-order valence-corrected chi connectivity index (χ3v) is 3.97. The van der Waals surface area contributed by atoms with Gasteiger partial charge >= 0.3 is 0 Å². The number of aromatic amines is 1. The first kappa shape index (κ1) is 12.3. The molecule has 2 aromatic rings. The Morgan fingerprint density at radius 1 is 1.47 bits per heavy atom. The van der Waals surface area contributed by atoms with Crippen molar-refractivity contribution in [3.63, 3.8) is 0 Å². The van der Waals surface area contributed by atoms with E-state index in [1.54, 1.807) is 4.90 Å². The fourth-order valence-electron chi connectivity index (χ4n) is 2.64. The Kier molecular flexibility index (Phi) is 2.89. The van der Waals surface area contributed by atoms with E-state index < -0.39 is 0 Å². The molecule has 2 aromatic heterocycles. The molecule has 0 bridgehead atoms. The van der Waals surface area contributed by atoms with Gasteiger partial charge in [-0.25, -0.2) is 4.98 Å². The summed E-state index contributed by atoms with van der Waals surface area (Å²) in [6, 6.07) is 4.18. The third kappa shape index (κ3) is 2.06. The van der Waals surface area contributed by atoms with E-state index in [1.807, 2.05) is 26.1 Å². The Balaban J connectivity index is 2.09. The number of piperidine rings is 1. The molecule has 0 aliphatic carbocycles. The zero-order chi connectivity index (χ0) is 13.6. The number of hydrogen-bond donors (Lipinski definition) is 1. The molecule has 6 heteroatoms. The molecule has 5 nitrogen and oxygen atoms in total. The van der Waals surface area contributed by atoms with Gasteiger partial charge in [-0.2, -0.15) is 0 Å². The summed E-state index contributed by atoms with van der Waals surface area (Å²) < 4.78 is 2.74. The number of aromatic nitrogens is 3. The Hall–Kier alpha value is -1.69.